The molecule has 0 aromatic rings. The maximum Gasteiger partial charge on any atom is 0.274 e. The lowest BCUT2D eigenvalue weighted by molar-refractivity contribution is -0.123. The van der Waals surface area contributed by atoms with Crippen LogP contribution in [-0.4, -0.2) is 27.4 Å². The number of rotatable bonds is 5. The van der Waals surface area contributed by atoms with E-state index in [1.807, 2.05) is 0 Å². The highest BCUT2D eigenvalue weighted by Crippen LogP contribution is 1.88. The average molecular weight is 209 g/mol. The van der Waals surface area contributed by atoms with Gasteiger partial charge in [0, 0.05) is 19.0 Å². The number of nitrogens with one attached hydrogen (secondary N) is 2. The highest BCUT2D eigenvalue weighted by molar-refractivity contribution is 7.87. The number of hydrogen-bond donors (Lipinski definition) is 3. The molecule has 6 nitrogen and oxygen atoms in total. The van der Waals surface area contributed by atoms with Crippen LogP contribution in [0.1, 0.15) is 13.8 Å². The molecule has 0 aliphatic heterocycles. The van der Waals surface area contributed by atoms with Crippen LogP contribution in [0, 0.1) is 5.92 Å². The Morgan fingerprint density at radius 3 is 2.31 bits per heavy atom. The van der Waals surface area contributed by atoms with E-state index in [-0.39, 0.29) is 24.9 Å². The van der Waals surface area contributed by atoms with Crippen molar-refractivity contribution >= 4 is 16.1 Å². The predicted octanol–water partition coefficient (Wildman–Crippen LogP) is -1.45. The first-order chi connectivity index (χ1) is 5.83. The van der Waals surface area contributed by atoms with Crippen molar-refractivity contribution in [3.63, 3.8) is 0 Å². The molecule has 1 amide bonds. The Bertz CT molecular complexity index is 260. The number of hydrogen-bond acceptors (Lipinski definition) is 3. The summed E-state index contributed by atoms with van der Waals surface area (Å²) in [6.07, 6.45) is 0. The fourth-order valence-corrected chi connectivity index (χ4v) is 0.970. The first kappa shape index (κ1) is 12.3. The second kappa shape index (κ2) is 5.15. The molecule has 0 atom stereocenters. The Balaban J connectivity index is 3.53. The van der Waals surface area contributed by atoms with E-state index in [4.69, 9.17) is 0 Å². The lowest BCUT2D eigenvalue weighted by Gasteiger charge is -2.07. The largest absolute Gasteiger partial charge is 0.355 e. The number of amides is 1. The molecule has 4 N–H and O–H groups in total. The van der Waals surface area contributed by atoms with Gasteiger partial charge in [-0.1, -0.05) is 13.8 Å². The van der Waals surface area contributed by atoms with E-state index in [1.54, 1.807) is 13.8 Å². The minimum absolute atomic E-state index is 0.102. The van der Waals surface area contributed by atoms with Gasteiger partial charge in [0.2, 0.25) is 5.91 Å². The summed E-state index contributed by atoms with van der Waals surface area (Å²) >= 11 is 0. The molecule has 0 rings (SSSR count). The van der Waals surface area contributed by atoms with Crippen LogP contribution in [0.15, 0.2) is 0 Å². The molecular weight excluding hydrogens is 194 g/mol. The zero-order valence-corrected chi connectivity index (χ0v) is 8.52. The van der Waals surface area contributed by atoms with Crippen LogP contribution < -0.4 is 15.2 Å². The summed E-state index contributed by atoms with van der Waals surface area (Å²) in [5.41, 5.74) is 0. The van der Waals surface area contributed by atoms with Gasteiger partial charge in [0.05, 0.1) is 0 Å². The third-order valence-corrected chi connectivity index (χ3v) is 1.86. The maximum absolute atomic E-state index is 10.9. The summed E-state index contributed by atoms with van der Waals surface area (Å²) in [6.45, 7) is 3.86. The molecule has 0 saturated heterocycles. The second-order valence-corrected chi connectivity index (χ2v) is 4.26. The molecule has 0 aromatic carbocycles. The fourth-order valence-electron chi connectivity index (χ4n) is 0.583. The molecule has 0 spiro atoms. The number of carbonyl (C=O) groups is 1. The topological polar surface area (TPSA) is 101 Å². The van der Waals surface area contributed by atoms with Crippen molar-refractivity contribution in [1.29, 1.82) is 0 Å². The molecule has 0 aliphatic carbocycles. The summed E-state index contributed by atoms with van der Waals surface area (Å²) in [5, 5.41) is 7.19. The first-order valence-corrected chi connectivity index (χ1v) is 5.42. The zero-order valence-electron chi connectivity index (χ0n) is 7.70. The summed E-state index contributed by atoms with van der Waals surface area (Å²) in [4.78, 5) is 10.9. The van der Waals surface area contributed by atoms with Gasteiger partial charge in [0.15, 0.2) is 0 Å². The molecular formula is C6H15N3O3S. The average Bonchev–Trinajstić information content (AvgIpc) is 1.95. The third kappa shape index (κ3) is 7.69. The molecule has 0 saturated carbocycles. The molecule has 0 aliphatic rings. The molecule has 78 valence electrons. The Labute approximate surface area is 78.1 Å². The van der Waals surface area contributed by atoms with E-state index in [9.17, 15) is 13.2 Å². The van der Waals surface area contributed by atoms with Crippen molar-refractivity contribution in [2.24, 2.45) is 11.1 Å². The van der Waals surface area contributed by atoms with Crippen LogP contribution >= 0.6 is 0 Å². The van der Waals surface area contributed by atoms with Gasteiger partial charge >= 0.3 is 0 Å². The van der Waals surface area contributed by atoms with Gasteiger partial charge < -0.3 is 5.32 Å². The number of nitrogens with two attached hydrogens (primary N) is 1. The van der Waals surface area contributed by atoms with Gasteiger partial charge in [-0.05, 0) is 0 Å². The lowest BCUT2D eigenvalue weighted by Crippen LogP contribution is -2.38. The normalized spacial score (nSPS) is 11.7. The molecule has 7 heteroatoms. The van der Waals surface area contributed by atoms with E-state index in [0.29, 0.717) is 0 Å². The summed E-state index contributed by atoms with van der Waals surface area (Å²) in [5.74, 6) is -0.217. The molecule has 0 bridgehead atoms. The Kier molecular flexibility index (Phi) is 4.89. The first-order valence-electron chi connectivity index (χ1n) is 3.88. The molecule has 0 radical (unpaired) electrons. The number of carbonyl (C=O) groups excluding carboxylic acids is 1. The molecule has 0 unspecified atom stereocenters. The smallest absolute Gasteiger partial charge is 0.274 e. The van der Waals surface area contributed by atoms with Crippen LogP contribution in [0.25, 0.3) is 0 Å². The van der Waals surface area contributed by atoms with Crippen LogP contribution in [0.3, 0.4) is 0 Å². The van der Waals surface area contributed by atoms with Gasteiger partial charge in [-0.3, -0.25) is 4.79 Å². The summed E-state index contributed by atoms with van der Waals surface area (Å²) in [7, 11) is -3.64. The maximum atomic E-state index is 10.9. The second-order valence-electron chi connectivity index (χ2n) is 2.89. The van der Waals surface area contributed by atoms with E-state index in [1.165, 1.54) is 0 Å². The van der Waals surface area contributed by atoms with Gasteiger partial charge in [-0.15, -0.1) is 0 Å². The van der Waals surface area contributed by atoms with Gasteiger partial charge in [-0.2, -0.15) is 8.42 Å². The minimum atomic E-state index is -3.64. The third-order valence-electron chi connectivity index (χ3n) is 1.25. The van der Waals surface area contributed by atoms with Crippen molar-refractivity contribution in [3.05, 3.63) is 0 Å². The van der Waals surface area contributed by atoms with Gasteiger partial charge in [0.25, 0.3) is 10.2 Å². The van der Waals surface area contributed by atoms with Crippen molar-refractivity contribution in [1.82, 2.24) is 10.0 Å². The van der Waals surface area contributed by atoms with Gasteiger partial charge in [0.1, 0.15) is 0 Å². The molecule has 0 fully saturated rings. The van der Waals surface area contributed by atoms with E-state index < -0.39 is 10.2 Å². The Hall–Kier alpha value is -0.660. The monoisotopic (exact) mass is 209 g/mol. The van der Waals surface area contributed by atoms with Crippen LogP contribution in [0.5, 0.6) is 0 Å². The van der Waals surface area contributed by atoms with E-state index in [0.717, 1.165) is 0 Å². The Morgan fingerprint density at radius 1 is 1.38 bits per heavy atom. The fraction of sp³-hybridized carbons (Fsp3) is 0.833. The van der Waals surface area contributed by atoms with Crippen LogP contribution in [0.4, 0.5) is 0 Å². The van der Waals surface area contributed by atoms with Crippen molar-refractivity contribution < 1.29 is 13.2 Å². The Morgan fingerprint density at radius 2 is 1.92 bits per heavy atom. The van der Waals surface area contributed by atoms with E-state index in [2.05, 4.69) is 15.2 Å². The highest BCUT2D eigenvalue weighted by atomic mass is 32.2. The highest BCUT2D eigenvalue weighted by Gasteiger charge is 2.05. The van der Waals surface area contributed by atoms with Crippen LogP contribution in [0.2, 0.25) is 0 Å². The molecule has 0 heterocycles. The SMILES string of the molecule is CC(C)C(=O)NCCNS(N)(=O)=O. The van der Waals surface area contributed by atoms with Crippen molar-refractivity contribution in [2.75, 3.05) is 13.1 Å². The van der Waals surface area contributed by atoms with Crippen molar-refractivity contribution in [2.45, 2.75) is 13.8 Å². The summed E-state index contributed by atoms with van der Waals surface area (Å²) < 4.78 is 22.8. The molecule has 0 aromatic heterocycles. The zero-order chi connectivity index (χ0) is 10.5. The quantitative estimate of drug-likeness (QED) is 0.483. The van der Waals surface area contributed by atoms with Crippen LogP contribution in [-0.2, 0) is 15.0 Å². The lowest BCUT2D eigenvalue weighted by atomic mass is 10.2. The standard InChI is InChI=1S/C6H15N3O3S/c1-5(2)6(10)8-3-4-9-13(7,11)12/h5,9H,3-4H2,1-2H3,(H,8,10)(H2,7,11,12). The van der Waals surface area contributed by atoms with E-state index >= 15 is 0 Å². The minimum Gasteiger partial charge on any atom is -0.355 e. The summed E-state index contributed by atoms with van der Waals surface area (Å²) in [6, 6.07) is 0. The predicted molar refractivity (Wildman–Crippen MR) is 49.0 cm³/mol. The van der Waals surface area contributed by atoms with Crippen molar-refractivity contribution in [3.8, 4) is 0 Å². The van der Waals surface area contributed by atoms with Gasteiger partial charge in [-0.25, -0.2) is 9.86 Å². The molecule has 13 heavy (non-hydrogen) atoms.